The first-order valence-electron chi connectivity index (χ1n) is 4.71. The highest BCUT2D eigenvalue weighted by atomic mass is 16.7. The molecule has 0 aliphatic carbocycles. The lowest BCUT2D eigenvalue weighted by Gasteiger charge is -2.16. The van der Waals surface area contributed by atoms with Crippen LogP contribution in [-0.4, -0.2) is 38.7 Å². The summed E-state index contributed by atoms with van der Waals surface area (Å²) in [4.78, 5) is 10.8. The SMILES string of the molecule is CCOC(COC(=O)CC[O])OCC. The molecule has 0 aromatic carbocycles. The summed E-state index contributed by atoms with van der Waals surface area (Å²) in [6, 6.07) is 0. The fourth-order valence-corrected chi connectivity index (χ4v) is 0.833. The standard InChI is InChI=1S/C9H17O5/c1-3-12-9(13-4-2)7-14-8(11)5-6-10/h9H,3-7H2,1-2H3. The Morgan fingerprint density at radius 2 is 1.79 bits per heavy atom. The van der Waals surface area contributed by atoms with Gasteiger partial charge in [0, 0.05) is 13.2 Å². The summed E-state index contributed by atoms with van der Waals surface area (Å²) < 4.78 is 15.0. The summed E-state index contributed by atoms with van der Waals surface area (Å²) in [6.45, 7) is 4.22. The number of rotatable bonds is 8. The van der Waals surface area contributed by atoms with Crippen LogP contribution in [-0.2, 0) is 24.1 Å². The zero-order chi connectivity index (χ0) is 10.8. The van der Waals surface area contributed by atoms with E-state index in [0.717, 1.165) is 0 Å². The molecule has 83 valence electrons. The summed E-state index contributed by atoms with van der Waals surface area (Å²) in [5, 5.41) is 10.1. The fraction of sp³-hybridized carbons (Fsp3) is 0.889. The van der Waals surface area contributed by atoms with Crippen LogP contribution < -0.4 is 0 Å². The molecule has 0 rings (SSSR count). The van der Waals surface area contributed by atoms with E-state index in [1.54, 1.807) is 0 Å². The van der Waals surface area contributed by atoms with Crippen LogP contribution in [0.1, 0.15) is 20.3 Å². The first kappa shape index (κ1) is 13.4. The van der Waals surface area contributed by atoms with Crippen LogP contribution >= 0.6 is 0 Å². The van der Waals surface area contributed by atoms with E-state index in [1.165, 1.54) is 0 Å². The van der Waals surface area contributed by atoms with Crippen LogP contribution in [0.25, 0.3) is 0 Å². The van der Waals surface area contributed by atoms with Crippen molar-refractivity contribution in [3.05, 3.63) is 0 Å². The third-order valence-corrected chi connectivity index (χ3v) is 1.39. The van der Waals surface area contributed by atoms with E-state index in [4.69, 9.17) is 14.2 Å². The Morgan fingerprint density at radius 3 is 2.21 bits per heavy atom. The third-order valence-electron chi connectivity index (χ3n) is 1.39. The third kappa shape index (κ3) is 6.82. The van der Waals surface area contributed by atoms with E-state index < -0.39 is 18.9 Å². The maximum Gasteiger partial charge on any atom is 0.308 e. The van der Waals surface area contributed by atoms with Gasteiger partial charge in [-0.2, -0.15) is 0 Å². The maximum absolute atomic E-state index is 10.8. The Kier molecular flexibility index (Phi) is 8.51. The van der Waals surface area contributed by atoms with Crippen molar-refractivity contribution >= 4 is 5.97 Å². The molecule has 0 aliphatic rings. The van der Waals surface area contributed by atoms with Gasteiger partial charge in [-0.05, 0) is 13.8 Å². The first-order valence-corrected chi connectivity index (χ1v) is 4.71. The average molecular weight is 205 g/mol. The zero-order valence-corrected chi connectivity index (χ0v) is 8.65. The number of hydrogen-bond donors (Lipinski definition) is 0. The van der Waals surface area contributed by atoms with Gasteiger partial charge >= 0.3 is 5.97 Å². The highest BCUT2D eigenvalue weighted by Crippen LogP contribution is 1.97. The van der Waals surface area contributed by atoms with Crippen molar-refractivity contribution in [3.63, 3.8) is 0 Å². The molecule has 0 bridgehead atoms. The molecule has 0 spiro atoms. The number of esters is 1. The van der Waals surface area contributed by atoms with Crippen LogP contribution in [0.5, 0.6) is 0 Å². The van der Waals surface area contributed by atoms with Crippen LogP contribution in [0.15, 0.2) is 0 Å². The van der Waals surface area contributed by atoms with Gasteiger partial charge < -0.3 is 14.2 Å². The molecule has 0 atom stereocenters. The van der Waals surface area contributed by atoms with E-state index >= 15 is 0 Å². The maximum atomic E-state index is 10.8. The minimum absolute atomic E-state index is 0.0422. The van der Waals surface area contributed by atoms with Gasteiger partial charge in [0.05, 0.1) is 13.0 Å². The van der Waals surface area contributed by atoms with Crippen LogP contribution in [0, 0.1) is 0 Å². The number of hydrogen-bond acceptors (Lipinski definition) is 4. The molecule has 14 heavy (non-hydrogen) atoms. The van der Waals surface area contributed by atoms with Crippen LogP contribution in [0.4, 0.5) is 0 Å². The van der Waals surface area contributed by atoms with Gasteiger partial charge in [-0.3, -0.25) is 4.79 Å². The van der Waals surface area contributed by atoms with Gasteiger partial charge in [0.15, 0.2) is 6.29 Å². The molecule has 1 radical (unpaired) electrons. The summed E-state index contributed by atoms with van der Waals surface area (Å²) in [6.07, 6.45) is -0.633. The lowest BCUT2D eigenvalue weighted by molar-refractivity contribution is -0.180. The topological polar surface area (TPSA) is 64.7 Å². The minimum atomic E-state index is -0.527. The van der Waals surface area contributed by atoms with Crippen molar-refractivity contribution in [1.29, 1.82) is 0 Å². The van der Waals surface area contributed by atoms with Crippen molar-refractivity contribution in [1.82, 2.24) is 0 Å². The summed E-state index contributed by atoms with van der Waals surface area (Å²) in [7, 11) is 0. The largest absolute Gasteiger partial charge is 0.460 e. The molecule has 0 fully saturated rings. The molecular formula is C9H17O5. The Hall–Kier alpha value is -0.650. The lowest BCUT2D eigenvalue weighted by Crippen LogP contribution is -2.25. The number of carbonyl (C=O) groups is 1. The summed E-state index contributed by atoms with van der Waals surface area (Å²) in [5.74, 6) is -0.510. The molecule has 0 aromatic heterocycles. The molecule has 0 saturated heterocycles. The first-order chi connectivity index (χ1) is 6.74. The van der Waals surface area contributed by atoms with Crippen LogP contribution in [0.3, 0.4) is 0 Å². The van der Waals surface area contributed by atoms with Gasteiger partial charge in [-0.15, -0.1) is 0 Å². The summed E-state index contributed by atoms with van der Waals surface area (Å²) >= 11 is 0. The predicted molar refractivity (Wildman–Crippen MR) is 48.2 cm³/mol. The predicted octanol–water partition coefficient (Wildman–Crippen LogP) is 0.749. The normalized spacial score (nSPS) is 10.6. The number of carbonyl (C=O) groups excluding carboxylic acids is 1. The second kappa shape index (κ2) is 8.93. The van der Waals surface area contributed by atoms with Crippen molar-refractivity contribution in [2.45, 2.75) is 26.6 Å². The average Bonchev–Trinajstić information content (AvgIpc) is 2.15. The summed E-state index contributed by atoms with van der Waals surface area (Å²) in [5.41, 5.74) is 0. The van der Waals surface area contributed by atoms with E-state index in [-0.39, 0.29) is 13.0 Å². The molecule has 5 heteroatoms. The molecule has 0 heterocycles. The highest BCUT2D eigenvalue weighted by Gasteiger charge is 2.11. The zero-order valence-electron chi connectivity index (χ0n) is 8.65. The van der Waals surface area contributed by atoms with Gasteiger partial charge in [0.2, 0.25) is 0 Å². The van der Waals surface area contributed by atoms with Crippen molar-refractivity contribution < 1.29 is 24.1 Å². The van der Waals surface area contributed by atoms with Gasteiger partial charge in [0.1, 0.15) is 6.61 Å². The number of ether oxygens (including phenoxy) is 3. The molecule has 5 nitrogen and oxygen atoms in total. The Bertz CT molecular complexity index is 142. The van der Waals surface area contributed by atoms with E-state index in [1.807, 2.05) is 13.8 Å². The second-order valence-corrected chi connectivity index (χ2v) is 2.48. The Labute approximate surface area is 84.0 Å². The molecule has 0 aliphatic heterocycles. The van der Waals surface area contributed by atoms with E-state index in [2.05, 4.69) is 0 Å². The van der Waals surface area contributed by atoms with Crippen LogP contribution in [0.2, 0.25) is 0 Å². The van der Waals surface area contributed by atoms with Gasteiger partial charge in [-0.1, -0.05) is 0 Å². The van der Waals surface area contributed by atoms with E-state index in [0.29, 0.717) is 13.2 Å². The molecular weight excluding hydrogens is 188 g/mol. The van der Waals surface area contributed by atoms with Gasteiger partial charge in [-0.25, -0.2) is 5.11 Å². The Morgan fingerprint density at radius 1 is 1.21 bits per heavy atom. The molecule has 0 aromatic rings. The quantitative estimate of drug-likeness (QED) is 0.433. The second-order valence-electron chi connectivity index (χ2n) is 2.48. The lowest BCUT2D eigenvalue weighted by atomic mass is 10.5. The van der Waals surface area contributed by atoms with Crippen molar-refractivity contribution in [2.75, 3.05) is 26.4 Å². The van der Waals surface area contributed by atoms with Crippen molar-refractivity contribution in [2.24, 2.45) is 0 Å². The fourth-order valence-electron chi connectivity index (χ4n) is 0.833. The smallest absolute Gasteiger partial charge is 0.308 e. The monoisotopic (exact) mass is 205 g/mol. The molecule has 0 N–H and O–H groups in total. The highest BCUT2D eigenvalue weighted by molar-refractivity contribution is 5.69. The van der Waals surface area contributed by atoms with Crippen molar-refractivity contribution in [3.8, 4) is 0 Å². The molecule has 0 unspecified atom stereocenters. The minimum Gasteiger partial charge on any atom is -0.460 e. The Balaban J connectivity index is 3.63. The van der Waals surface area contributed by atoms with Gasteiger partial charge in [0.25, 0.3) is 0 Å². The molecule has 0 amide bonds. The van der Waals surface area contributed by atoms with E-state index in [9.17, 15) is 9.90 Å². The molecule has 0 saturated carbocycles.